The number of benzene rings is 2. The van der Waals surface area contributed by atoms with Crippen molar-refractivity contribution < 1.29 is 17.6 Å². The van der Waals surface area contributed by atoms with E-state index in [1.54, 1.807) is 19.1 Å². The van der Waals surface area contributed by atoms with Gasteiger partial charge in [0.1, 0.15) is 18.0 Å². The standard InChI is InChI=1S/C21H17F4N3/c1-13-6-7-15(18(10-13)21(23,24)25)5-3-4-14(2)28-20-17-9-8-16(22)11-19(17)26-12-27-20/h6-12,14H,4H2,1-2H3,(H,26,27,28). The van der Waals surface area contributed by atoms with E-state index in [4.69, 9.17) is 0 Å². The predicted octanol–water partition coefficient (Wildman–Crippen LogP) is 5.34. The summed E-state index contributed by atoms with van der Waals surface area (Å²) < 4.78 is 52.8. The minimum absolute atomic E-state index is 0.0479. The van der Waals surface area contributed by atoms with E-state index >= 15 is 0 Å². The number of hydrogen-bond acceptors (Lipinski definition) is 3. The Morgan fingerprint density at radius 3 is 2.64 bits per heavy atom. The van der Waals surface area contributed by atoms with Crippen LogP contribution < -0.4 is 5.32 Å². The van der Waals surface area contributed by atoms with Crippen LogP contribution in [0.5, 0.6) is 0 Å². The lowest BCUT2D eigenvalue weighted by Crippen LogP contribution is -2.15. The fourth-order valence-electron chi connectivity index (χ4n) is 2.73. The fourth-order valence-corrected chi connectivity index (χ4v) is 2.73. The molecule has 0 spiro atoms. The van der Waals surface area contributed by atoms with E-state index in [0.717, 1.165) is 6.07 Å². The second-order valence-electron chi connectivity index (χ2n) is 6.48. The summed E-state index contributed by atoms with van der Waals surface area (Å²) in [6.45, 7) is 3.45. The van der Waals surface area contributed by atoms with E-state index in [9.17, 15) is 17.6 Å². The Bertz CT molecular complexity index is 1060. The summed E-state index contributed by atoms with van der Waals surface area (Å²) in [7, 11) is 0. The molecule has 0 bridgehead atoms. The molecule has 0 amide bonds. The van der Waals surface area contributed by atoms with Crippen LogP contribution in [0.2, 0.25) is 0 Å². The third-order valence-corrected chi connectivity index (χ3v) is 4.09. The second kappa shape index (κ2) is 7.85. The third-order valence-electron chi connectivity index (χ3n) is 4.09. The minimum atomic E-state index is -4.45. The number of fused-ring (bicyclic) bond motifs is 1. The van der Waals surface area contributed by atoms with Crippen LogP contribution in [0.4, 0.5) is 23.4 Å². The quantitative estimate of drug-likeness (QED) is 0.487. The zero-order valence-electron chi connectivity index (χ0n) is 15.2. The molecular formula is C21H17F4N3. The molecule has 0 aliphatic rings. The number of rotatable bonds is 3. The summed E-state index contributed by atoms with van der Waals surface area (Å²) in [4.78, 5) is 8.18. The first-order valence-corrected chi connectivity index (χ1v) is 8.57. The van der Waals surface area contributed by atoms with Crippen LogP contribution >= 0.6 is 0 Å². The highest BCUT2D eigenvalue weighted by Crippen LogP contribution is 2.32. The smallest absolute Gasteiger partial charge is 0.366 e. The monoisotopic (exact) mass is 387 g/mol. The van der Waals surface area contributed by atoms with Gasteiger partial charge >= 0.3 is 6.18 Å². The van der Waals surface area contributed by atoms with Crippen molar-refractivity contribution >= 4 is 16.7 Å². The maximum absolute atomic E-state index is 13.3. The second-order valence-corrected chi connectivity index (χ2v) is 6.48. The van der Waals surface area contributed by atoms with Crippen molar-refractivity contribution in [3.05, 3.63) is 65.2 Å². The molecule has 1 aromatic heterocycles. The van der Waals surface area contributed by atoms with Crippen molar-refractivity contribution in [2.45, 2.75) is 32.5 Å². The summed E-state index contributed by atoms with van der Waals surface area (Å²) in [6.07, 6.45) is -2.82. The van der Waals surface area contributed by atoms with Gasteiger partial charge in [0, 0.05) is 29.5 Å². The molecule has 1 N–H and O–H groups in total. The minimum Gasteiger partial charge on any atom is -0.366 e. The van der Waals surface area contributed by atoms with Gasteiger partial charge in [-0.15, -0.1) is 0 Å². The van der Waals surface area contributed by atoms with Crippen molar-refractivity contribution in [2.24, 2.45) is 0 Å². The van der Waals surface area contributed by atoms with Gasteiger partial charge in [-0.25, -0.2) is 14.4 Å². The Kier molecular flexibility index (Phi) is 5.50. The van der Waals surface area contributed by atoms with Gasteiger partial charge in [0.25, 0.3) is 0 Å². The number of aryl methyl sites for hydroxylation is 1. The first-order chi connectivity index (χ1) is 13.2. The summed E-state index contributed by atoms with van der Waals surface area (Å²) in [6, 6.07) is 8.10. The maximum Gasteiger partial charge on any atom is 0.417 e. The molecule has 2 aromatic carbocycles. The van der Waals surface area contributed by atoms with Crippen LogP contribution in [0.25, 0.3) is 10.9 Å². The number of nitrogens with one attached hydrogen (secondary N) is 1. The molecule has 7 heteroatoms. The molecular weight excluding hydrogens is 370 g/mol. The molecule has 0 saturated heterocycles. The first kappa shape index (κ1) is 19.6. The Hall–Kier alpha value is -3.14. The Morgan fingerprint density at radius 2 is 1.89 bits per heavy atom. The zero-order chi connectivity index (χ0) is 20.3. The largest absolute Gasteiger partial charge is 0.417 e. The molecule has 3 aromatic rings. The van der Waals surface area contributed by atoms with Gasteiger partial charge in [0.05, 0.1) is 11.1 Å². The molecule has 1 heterocycles. The maximum atomic E-state index is 13.3. The van der Waals surface area contributed by atoms with Crippen LogP contribution in [0.15, 0.2) is 42.7 Å². The summed E-state index contributed by atoms with van der Waals surface area (Å²) in [5.74, 6) is 5.54. The highest BCUT2D eigenvalue weighted by atomic mass is 19.4. The van der Waals surface area contributed by atoms with E-state index in [1.165, 1.54) is 24.5 Å². The average Bonchev–Trinajstić information content (AvgIpc) is 2.62. The third kappa shape index (κ3) is 4.58. The molecule has 3 rings (SSSR count). The van der Waals surface area contributed by atoms with E-state index in [1.807, 2.05) is 6.92 Å². The Morgan fingerprint density at radius 1 is 1.11 bits per heavy atom. The van der Waals surface area contributed by atoms with Crippen LogP contribution in [-0.4, -0.2) is 16.0 Å². The van der Waals surface area contributed by atoms with Gasteiger partial charge in [-0.2, -0.15) is 13.2 Å². The zero-order valence-corrected chi connectivity index (χ0v) is 15.2. The fraction of sp³-hybridized carbons (Fsp3) is 0.238. The molecule has 1 unspecified atom stereocenters. The number of aromatic nitrogens is 2. The van der Waals surface area contributed by atoms with Gasteiger partial charge in [0.2, 0.25) is 0 Å². The summed E-state index contributed by atoms with van der Waals surface area (Å²) in [5.41, 5.74) is 0.211. The van der Waals surface area contributed by atoms with Crippen LogP contribution in [0.1, 0.15) is 30.0 Å². The van der Waals surface area contributed by atoms with Crippen molar-refractivity contribution in [2.75, 3.05) is 5.32 Å². The number of alkyl halides is 3. The van der Waals surface area contributed by atoms with Crippen molar-refractivity contribution in [1.29, 1.82) is 0 Å². The molecule has 3 nitrogen and oxygen atoms in total. The van der Waals surface area contributed by atoms with Crippen LogP contribution in [-0.2, 0) is 6.18 Å². The Labute approximate surface area is 159 Å². The molecule has 0 aliphatic heterocycles. The van der Waals surface area contributed by atoms with Crippen molar-refractivity contribution in [3.63, 3.8) is 0 Å². The SMILES string of the molecule is Cc1ccc(C#CCC(C)Nc2ncnc3cc(F)ccc23)c(C(F)(F)F)c1. The van der Waals surface area contributed by atoms with Crippen LogP contribution in [0, 0.1) is 24.6 Å². The first-order valence-electron chi connectivity index (χ1n) is 8.57. The summed E-state index contributed by atoms with van der Waals surface area (Å²) in [5, 5.41) is 3.80. The van der Waals surface area contributed by atoms with Gasteiger partial charge in [-0.3, -0.25) is 0 Å². The van der Waals surface area contributed by atoms with Gasteiger partial charge < -0.3 is 5.32 Å². The number of nitrogens with zero attached hydrogens (tertiary/aromatic N) is 2. The van der Waals surface area contributed by atoms with Crippen molar-refractivity contribution in [3.8, 4) is 11.8 Å². The van der Waals surface area contributed by atoms with Gasteiger partial charge in [-0.05, 0) is 38.1 Å². The van der Waals surface area contributed by atoms with Gasteiger partial charge in [-0.1, -0.05) is 23.5 Å². The lowest BCUT2D eigenvalue weighted by Gasteiger charge is -2.13. The predicted molar refractivity (Wildman–Crippen MR) is 100 cm³/mol. The van der Waals surface area contributed by atoms with E-state index in [0.29, 0.717) is 28.7 Å². The van der Waals surface area contributed by atoms with E-state index in [2.05, 4.69) is 27.1 Å². The normalized spacial score (nSPS) is 12.4. The number of hydrogen-bond donors (Lipinski definition) is 1. The highest BCUT2D eigenvalue weighted by Gasteiger charge is 2.33. The topological polar surface area (TPSA) is 37.8 Å². The summed E-state index contributed by atoms with van der Waals surface area (Å²) >= 11 is 0. The van der Waals surface area contributed by atoms with Crippen LogP contribution in [0.3, 0.4) is 0 Å². The Balaban J connectivity index is 1.76. The van der Waals surface area contributed by atoms with E-state index < -0.39 is 17.6 Å². The molecule has 0 saturated carbocycles. The average molecular weight is 387 g/mol. The molecule has 1 atom stereocenters. The van der Waals surface area contributed by atoms with Crippen molar-refractivity contribution in [1.82, 2.24) is 9.97 Å². The number of anilines is 1. The number of halogens is 4. The molecule has 0 aliphatic carbocycles. The molecule has 0 radical (unpaired) electrons. The highest BCUT2D eigenvalue weighted by molar-refractivity contribution is 5.88. The van der Waals surface area contributed by atoms with E-state index in [-0.39, 0.29) is 11.6 Å². The molecule has 144 valence electrons. The molecule has 0 fully saturated rings. The van der Waals surface area contributed by atoms with Gasteiger partial charge in [0.15, 0.2) is 0 Å². The lowest BCUT2D eigenvalue weighted by atomic mass is 10.0. The molecule has 28 heavy (non-hydrogen) atoms. The lowest BCUT2D eigenvalue weighted by molar-refractivity contribution is -0.137.